The van der Waals surface area contributed by atoms with E-state index in [0.29, 0.717) is 10.7 Å². The van der Waals surface area contributed by atoms with Gasteiger partial charge in [-0.2, -0.15) is 0 Å². The van der Waals surface area contributed by atoms with Gasteiger partial charge in [-0.15, -0.1) is 0 Å². The molecule has 1 fully saturated rings. The van der Waals surface area contributed by atoms with Gasteiger partial charge in [0.2, 0.25) is 0 Å². The SMILES string of the molecule is CN(CC(=O)O)C1CN(C(=O)c2cc(Cl)cn2C)C[C@H]1O. The molecule has 0 bridgehead atoms. The number of aliphatic carboxylic acids is 1. The zero-order chi connectivity index (χ0) is 15.7. The van der Waals surface area contributed by atoms with Crippen molar-refractivity contribution < 1.29 is 19.8 Å². The molecule has 1 amide bonds. The van der Waals surface area contributed by atoms with Gasteiger partial charge in [0.25, 0.3) is 5.91 Å². The summed E-state index contributed by atoms with van der Waals surface area (Å²) in [6, 6.07) is 1.19. The fourth-order valence-electron chi connectivity index (χ4n) is 2.60. The Bertz CT molecular complexity index is 560. The molecule has 1 aromatic heterocycles. The third-order valence-corrected chi connectivity index (χ3v) is 3.89. The molecule has 1 saturated heterocycles. The van der Waals surface area contributed by atoms with Crippen molar-refractivity contribution in [3.05, 3.63) is 23.0 Å². The first-order chi connectivity index (χ1) is 9.79. The largest absolute Gasteiger partial charge is 0.480 e. The molecule has 2 heterocycles. The van der Waals surface area contributed by atoms with E-state index in [4.69, 9.17) is 16.7 Å². The Kier molecular flexibility index (Phi) is 4.55. The number of aliphatic hydroxyl groups excluding tert-OH is 1. The highest BCUT2D eigenvalue weighted by Gasteiger charge is 2.37. The molecule has 0 aromatic carbocycles. The van der Waals surface area contributed by atoms with Gasteiger partial charge in [0.05, 0.1) is 23.7 Å². The molecule has 0 aliphatic carbocycles. The van der Waals surface area contributed by atoms with Crippen molar-refractivity contribution in [2.75, 3.05) is 26.7 Å². The minimum absolute atomic E-state index is 0.177. The first-order valence-corrected chi connectivity index (χ1v) is 6.88. The van der Waals surface area contributed by atoms with Crippen molar-refractivity contribution in [2.45, 2.75) is 12.1 Å². The van der Waals surface area contributed by atoms with Crippen LogP contribution in [0.2, 0.25) is 5.02 Å². The number of carbonyl (C=O) groups is 2. The summed E-state index contributed by atoms with van der Waals surface area (Å²) in [5, 5.41) is 19.3. The number of aliphatic hydroxyl groups is 1. The predicted octanol–water partition coefficient (Wildman–Crippen LogP) is -0.120. The molecule has 2 rings (SSSR count). The highest BCUT2D eigenvalue weighted by molar-refractivity contribution is 6.31. The molecule has 2 atom stereocenters. The molecular formula is C13H18ClN3O4. The number of aryl methyl sites for hydroxylation is 1. The zero-order valence-electron chi connectivity index (χ0n) is 11.9. The van der Waals surface area contributed by atoms with E-state index in [1.54, 1.807) is 30.9 Å². The van der Waals surface area contributed by atoms with Gasteiger partial charge in [-0.25, -0.2) is 0 Å². The Morgan fingerprint density at radius 1 is 1.48 bits per heavy atom. The second kappa shape index (κ2) is 6.05. The third-order valence-electron chi connectivity index (χ3n) is 3.69. The maximum atomic E-state index is 12.4. The number of hydrogen-bond donors (Lipinski definition) is 2. The number of carbonyl (C=O) groups excluding carboxylic acids is 1. The van der Waals surface area contributed by atoms with E-state index in [2.05, 4.69) is 0 Å². The maximum absolute atomic E-state index is 12.4. The second-order valence-corrected chi connectivity index (χ2v) is 5.74. The smallest absolute Gasteiger partial charge is 0.317 e. The van der Waals surface area contributed by atoms with E-state index in [1.807, 2.05) is 0 Å². The Balaban J connectivity index is 2.08. The van der Waals surface area contributed by atoms with Crippen molar-refractivity contribution in [3.63, 3.8) is 0 Å². The fraction of sp³-hybridized carbons (Fsp3) is 0.538. The molecule has 1 unspecified atom stereocenters. The number of likely N-dealkylation sites (N-methyl/N-ethyl adjacent to an activating group) is 1. The van der Waals surface area contributed by atoms with Crippen LogP contribution < -0.4 is 0 Å². The van der Waals surface area contributed by atoms with Gasteiger partial charge >= 0.3 is 5.97 Å². The summed E-state index contributed by atoms with van der Waals surface area (Å²) in [6.07, 6.45) is 0.865. The quantitative estimate of drug-likeness (QED) is 0.809. The van der Waals surface area contributed by atoms with Crippen molar-refractivity contribution in [1.82, 2.24) is 14.4 Å². The summed E-state index contributed by atoms with van der Waals surface area (Å²) < 4.78 is 1.63. The van der Waals surface area contributed by atoms with Gasteiger partial charge in [-0.1, -0.05) is 11.6 Å². The Hall–Kier alpha value is -1.57. The summed E-state index contributed by atoms with van der Waals surface area (Å²) in [4.78, 5) is 26.2. The summed E-state index contributed by atoms with van der Waals surface area (Å²) in [6.45, 7) is 0.280. The van der Waals surface area contributed by atoms with Gasteiger partial charge < -0.3 is 19.7 Å². The molecule has 2 N–H and O–H groups in total. The lowest BCUT2D eigenvalue weighted by atomic mass is 10.2. The number of aromatic nitrogens is 1. The number of halogens is 1. The number of nitrogens with zero attached hydrogens (tertiary/aromatic N) is 3. The number of hydrogen-bond acceptors (Lipinski definition) is 4. The maximum Gasteiger partial charge on any atom is 0.317 e. The van der Waals surface area contributed by atoms with E-state index >= 15 is 0 Å². The highest BCUT2D eigenvalue weighted by Crippen LogP contribution is 2.20. The standard InChI is InChI=1S/C13H18ClN3O4/c1-15-4-8(14)3-9(15)13(21)17-5-10(11(18)6-17)16(2)7-12(19)20/h3-4,10-11,18H,5-7H2,1-2H3,(H,19,20)/t10?,11-/m1/s1. The summed E-state index contributed by atoms with van der Waals surface area (Å²) in [7, 11) is 3.34. The predicted molar refractivity (Wildman–Crippen MR) is 76.4 cm³/mol. The fourth-order valence-corrected chi connectivity index (χ4v) is 2.85. The van der Waals surface area contributed by atoms with Crippen molar-refractivity contribution >= 4 is 23.5 Å². The van der Waals surface area contributed by atoms with Crippen molar-refractivity contribution in [1.29, 1.82) is 0 Å². The van der Waals surface area contributed by atoms with E-state index < -0.39 is 12.1 Å². The van der Waals surface area contributed by atoms with Crippen LogP contribution in [0.1, 0.15) is 10.5 Å². The molecule has 0 spiro atoms. The van der Waals surface area contributed by atoms with Crippen LogP contribution in [-0.2, 0) is 11.8 Å². The molecule has 7 nitrogen and oxygen atoms in total. The lowest BCUT2D eigenvalue weighted by Gasteiger charge is -2.24. The number of carboxylic acid groups (broad SMARTS) is 1. The van der Waals surface area contributed by atoms with Gasteiger partial charge in [0, 0.05) is 26.3 Å². The number of rotatable bonds is 4. The van der Waals surface area contributed by atoms with E-state index in [0.717, 1.165) is 0 Å². The zero-order valence-corrected chi connectivity index (χ0v) is 12.6. The Morgan fingerprint density at radius 3 is 2.67 bits per heavy atom. The van der Waals surface area contributed by atoms with Crippen LogP contribution in [-0.4, -0.2) is 75.3 Å². The minimum Gasteiger partial charge on any atom is -0.480 e. The third kappa shape index (κ3) is 3.37. The lowest BCUT2D eigenvalue weighted by molar-refractivity contribution is -0.138. The van der Waals surface area contributed by atoms with Crippen LogP contribution in [0.3, 0.4) is 0 Å². The van der Waals surface area contributed by atoms with Crippen LogP contribution in [0.15, 0.2) is 12.3 Å². The highest BCUT2D eigenvalue weighted by atomic mass is 35.5. The average Bonchev–Trinajstić information content (AvgIpc) is 2.90. The first kappa shape index (κ1) is 15.8. The molecular weight excluding hydrogens is 298 g/mol. The van der Waals surface area contributed by atoms with Gasteiger partial charge in [0.1, 0.15) is 5.69 Å². The molecule has 8 heteroatoms. The summed E-state index contributed by atoms with van der Waals surface area (Å²) in [5.41, 5.74) is 0.439. The van der Waals surface area contributed by atoms with Crippen molar-refractivity contribution in [2.24, 2.45) is 7.05 Å². The van der Waals surface area contributed by atoms with Gasteiger partial charge in [-0.05, 0) is 13.1 Å². The Morgan fingerprint density at radius 2 is 2.14 bits per heavy atom. The topological polar surface area (TPSA) is 86.0 Å². The van der Waals surface area contributed by atoms with Gasteiger partial charge in [-0.3, -0.25) is 14.5 Å². The van der Waals surface area contributed by atoms with Gasteiger partial charge in [0.15, 0.2) is 0 Å². The number of amides is 1. The molecule has 0 radical (unpaired) electrons. The number of carboxylic acids is 1. The number of likely N-dealkylation sites (tertiary alicyclic amines) is 1. The van der Waals surface area contributed by atoms with E-state index in [9.17, 15) is 14.7 Å². The van der Waals surface area contributed by atoms with Crippen molar-refractivity contribution in [3.8, 4) is 0 Å². The van der Waals surface area contributed by atoms with Crippen LogP contribution in [0, 0.1) is 0 Å². The molecule has 1 aliphatic rings. The van der Waals surface area contributed by atoms with Crippen LogP contribution in [0.4, 0.5) is 0 Å². The van der Waals surface area contributed by atoms with E-state index in [-0.39, 0.29) is 31.6 Å². The molecule has 21 heavy (non-hydrogen) atoms. The normalized spacial score (nSPS) is 22.0. The monoisotopic (exact) mass is 315 g/mol. The van der Waals surface area contributed by atoms with Crippen LogP contribution in [0.5, 0.6) is 0 Å². The molecule has 1 aliphatic heterocycles. The summed E-state index contributed by atoms with van der Waals surface area (Å²) >= 11 is 5.87. The lowest BCUT2D eigenvalue weighted by Crippen LogP contribution is -2.43. The molecule has 0 saturated carbocycles. The molecule has 116 valence electrons. The van der Waals surface area contributed by atoms with Crippen LogP contribution in [0.25, 0.3) is 0 Å². The second-order valence-electron chi connectivity index (χ2n) is 5.31. The number of β-amino-alcohol motifs (C(OH)–C–C–N with tert-alkyl or cyclic N) is 1. The summed E-state index contributed by atoms with van der Waals surface area (Å²) in [5.74, 6) is -1.20. The average molecular weight is 316 g/mol. The molecule has 1 aromatic rings. The van der Waals surface area contributed by atoms with E-state index in [1.165, 1.54) is 9.80 Å². The Labute approximate surface area is 127 Å². The first-order valence-electron chi connectivity index (χ1n) is 6.51. The minimum atomic E-state index is -0.969. The van der Waals surface area contributed by atoms with Crippen LogP contribution >= 0.6 is 11.6 Å².